The maximum atomic E-state index is 5.79. The lowest BCUT2D eigenvalue weighted by molar-refractivity contribution is 0.268. The summed E-state index contributed by atoms with van der Waals surface area (Å²) in [5.74, 6) is 0. The Morgan fingerprint density at radius 3 is 2.13 bits per heavy atom. The van der Waals surface area contributed by atoms with Crippen LogP contribution < -0.4 is 11.1 Å². The van der Waals surface area contributed by atoms with Crippen LogP contribution in [-0.2, 0) is 12.8 Å². The van der Waals surface area contributed by atoms with Crippen LogP contribution >= 0.6 is 0 Å². The van der Waals surface area contributed by atoms with Gasteiger partial charge in [0.2, 0.25) is 0 Å². The summed E-state index contributed by atoms with van der Waals surface area (Å²) in [7, 11) is 0. The molecule has 3 rings (SSSR count). The Labute approximate surface area is 90.9 Å². The average Bonchev–Trinajstić information content (AvgIpc) is 2.57. The van der Waals surface area contributed by atoms with Crippen molar-refractivity contribution in [3.05, 3.63) is 35.4 Å². The van der Waals surface area contributed by atoms with E-state index in [1.807, 2.05) is 0 Å². The van der Waals surface area contributed by atoms with Crippen LogP contribution in [-0.4, -0.2) is 18.1 Å². The zero-order valence-electron chi connectivity index (χ0n) is 8.95. The van der Waals surface area contributed by atoms with E-state index in [4.69, 9.17) is 5.73 Å². The lowest BCUT2D eigenvalue weighted by Crippen LogP contribution is -2.51. The maximum absolute atomic E-state index is 5.79. The molecule has 2 nitrogen and oxygen atoms in total. The van der Waals surface area contributed by atoms with Crippen molar-refractivity contribution >= 4 is 0 Å². The van der Waals surface area contributed by atoms with E-state index in [9.17, 15) is 0 Å². The lowest BCUT2D eigenvalue weighted by Gasteiger charge is -2.35. The molecule has 15 heavy (non-hydrogen) atoms. The molecule has 80 valence electrons. The van der Waals surface area contributed by atoms with E-state index < -0.39 is 0 Å². The monoisotopic (exact) mass is 202 g/mol. The first-order valence-electron chi connectivity index (χ1n) is 5.89. The molecular formula is C13H18N2. The number of rotatable bonds is 2. The van der Waals surface area contributed by atoms with Crippen molar-refractivity contribution in [1.29, 1.82) is 0 Å². The van der Waals surface area contributed by atoms with Gasteiger partial charge in [-0.25, -0.2) is 0 Å². The second-order valence-electron chi connectivity index (χ2n) is 4.97. The molecule has 1 saturated carbocycles. The van der Waals surface area contributed by atoms with Crippen molar-refractivity contribution in [2.45, 2.75) is 43.8 Å². The summed E-state index contributed by atoms with van der Waals surface area (Å²) >= 11 is 0. The summed E-state index contributed by atoms with van der Waals surface area (Å²) in [5, 5.41) is 3.71. The zero-order chi connectivity index (χ0) is 10.3. The van der Waals surface area contributed by atoms with Crippen LogP contribution in [0.15, 0.2) is 24.3 Å². The second-order valence-corrected chi connectivity index (χ2v) is 4.97. The Kier molecular flexibility index (Phi) is 2.26. The SMILES string of the molecule is NC1CC(NC2Cc3ccccc3C2)C1. The number of hydrogen-bond donors (Lipinski definition) is 2. The minimum absolute atomic E-state index is 0.450. The third-order valence-corrected chi connectivity index (χ3v) is 3.70. The molecule has 0 radical (unpaired) electrons. The Hall–Kier alpha value is -0.860. The van der Waals surface area contributed by atoms with Crippen molar-refractivity contribution in [2.75, 3.05) is 0 Å². The predicted molar refractivity (Wildman–Crippen MR) is 61.8 cm³/mol. The molecule has 0 aromatic heterocycles. The highest BCUT2D eigenvalue weighted by molar-refractivity contribution is 5.33. The van der Waals surface area contributed by atoms with E-state index in [2.05, 4.69) is 29.6 Å². The lowest BCUT2D eigenvalue weighted by atomic mass is 9.87. The highest BCUT2D eigenvalue weighted by atomic mass is 15.0. The van der Waals surface area contributed by atoms with Crippen LogP contribution in [0.2, 0.25) is 0 Å². The van der Waals surface area contributed by atoms with Crippen molar-refractivity contribution in [2.24, 2.45) is 5.73 Å². The van der Waals surface area contributed by atoms with Crippen LogP contribution in [0.4, 0.5) is 0 Å². The highest BCUT2D eigenvalue weighted by Gasteiger charge is 2.30. The molecule has 2 aliphatic rings. The number of benzene rings is 1. The summed E-state index contributed by atoms with van der Waals surface area (Å²) in [4.78, 5) is 0. The maximum Gasteiger partial charge on any atom is 0.0151 e. The smallest absolute Gasteiger partial charge is 0.0151 e. The molecule has 0 unspecified atom stereocenters. The fourth-order valence-electron chi connectivity index (χ4n) is 2.81. The Morgan fingerprint density at radius 2 is 1.60 bits per heavy atom. The van der Waals surface area contributed by atoms with Crippen molar-refractivity contribution in [3.63, 3.8) is 0 Å². The van der Waals surface area contributed by atoms with Gasteiger partial charge in [0.05, 0.1) is 0 Å². The van der Waals surface area contributed by atoms with Gasteiger partial charge in [-0.15, -0.1) is 0 Å². The Morgan fingerprint density at radius 1 is 1.00 bits per heavy atom. The van der Waals surface area contributed by atoms with Crippen molar-refractivity contribution in [3.8, 4) is 0 Å². The molecule has 0 heterocycles. The number of hydrogen-bond acceptors (Lipinski definition) is 2. The van der Waals surface area contributed by atoms with Gasteiger partial charge in [0.25, 0.3) is 0 Å². The molecule has 0 aliphatic heterocycles. The van der Waals surface area contributed by atoms with E-state index >= 15 is 0 Å². The summed E-state index contributed by atoms with van der Waals surface area (Å²) in [5.41, 5.74) is 8.84. The van der Waals surface area contributed by atoms with Crippen molar-refractivity contribution < 1.29 is 0 Å². The molecule has 3 N–H and O–H groups in total. The highest BCUT2D eigenvalue weighted by Crippen LogP contribution is 2.25. The first kappa shape index (κ1) is 9.37. The largest absolute Gasteiger partial charge is 0.328 e. The Bertz CT molecular complexity index is 330. The fraction of sp³-hybridized carbons (Fsp3) is 0.538. The Balaban J connectivity index is 1.59. The van der Waals surface area contributed by atoms with E-state index in [1.165, 1.54) is 24.0 Å². The van der Waals surface area contributed by atoms with Gasteiger partial charge in [-0.05, 0) is 36.8 Å². The molecule has 0 bridgehead atoms. The molecule has 1 aromatic rings. The van der Waals surface area contributed by atoms with Crippen LogP contribution in [0.25, 0.3) is 0 Å². The molecule has 1 fully saturated rings. The van der Waals surface area contributed by atoms with Gasteiger partial charge in [-0.2, -0.15) is 0 Å². The standard InChI is InChI=1S/C13H18N2/c14-11-7-13(8-11)15-12-5-9-3-1-2-4-10(9)6-12/h1-4,11-13,15H,5-8,14H2. The van der Waals surface area contributed by atoms with Crippen LogP contribution in [0.3, 0.4) is 0 Å². The third kappa shape index (κ3) is 1.80. The summed E-state index contributed by atoms with van der Waals surface area (Å²) < 4.78 is 0. The summed E-state index contributed by atoms with van der Waals surface area (Å²) in [6, 6.07) is 10.6. The van der Waals surface area contributed by atoms with Gasteiger partial charge < -0.3 is 11.1 Å². The second kappa shape index (κ2) is 3.62. The normalized spacial score (nSPS) is 29.9. The van der Waals surface area contributed by atoms with E-state index in [0.717, 1.165) is 12.8 Å². The number of nitrogens with one attached hydrogen (secondary N) is 1. The van der Waals surface area contributed by atoms with Gasteiger partial charge in [0.1, 0.15) is 0 Å². The average molecular weight is 202 g/mol. The quantitative estimate of drug-likeness (QED) is 0.757. The molecule has 1 aromatic carbocycles. The first-order valence-corrected chi connectivity index (χ1v) is 5.89. The van der Waals surface area contributed by atoms with Crippen LogP contribution in [0.1, 0.15) is 24.0 Å². The molecule has 0 atom stereocenters. The van der Waals surface area contributed by atoms with Gasteiger partial charge in [0.15, 0.2) is 0 Å². The molecule has 2 heteroatoms. The first-order chi connectivity index (χ1) is 7.31. The van der Waals surface area contributed by atoms with Crippen LogP contribution in [0.5, 0.6) is 0 Å². The minimum Gasteiger partial charge on any atom is -0.328 e. The third-order valence-electron chi connectivity index (χ3n) is 3.70. The van der Waals surface area contributed by atoms with E-state index in [1.54, 1.807) is 0 Å². The number of fused-ring (bicyclic) bond motifs is 1. The van der Waals surface area contributed by atoms with Crippen molar-refractivity contribution in [1.82, 2.24) is 5.32 Å². The topological polar surface area (TPSA) is 38.0 Å². The summed E-state index contributed by atoms with van der Waals surface area (Å²) in [6.45, 7) is 0. The van der Waals surface area contributed by atoms with Crippen LogP contribution in [0, 0.1) is 0 Å². The molecule has 0 amide bonds. The van der Waals surface area contributed by atoms with E-state index in [-0.39, 0.29) is 0 Å². The van der Waals surface area contributed by atoms with Gasteiger partial charge in [-0.1, -0.05) is 24.3 Å². The summed E-state index contributed by atoms with van der Waals surface area (Å²) in [6.07, 6.45) is 4.71. The van der Waals surface area contributed by atoms with Gasteiger partial charge >= 0.3 is 0 Å². The minimum atomic E-state index is 0.450. The molecular weight excluding hydrogens is 184 g/mol. The van der Waals surface area contributed by atoms with Gasteiger partial charge in [-0.3, -0.25) is 0 Å². The number of nitrogens with two attached hydrogens (primary N) is 1. The molecule has 0 spiro atoms. The zero-order valence-corrected chi connectivity index (χ0v) is 8.95. The molecule has 0 saturated heterocycles. The molecule has 2 aliphatic carbocycles. The van der Waals surface area contributed by atoms with Gasteiger partial charge in [0, 0.05) is 18.1 Å². The van der Waals surface area contributed by atoms with E-state index in [0.29, 0.717) is 18.1 Å². The predicted octanol–water partition coefficient (Wildman–Crippen LogP) is 1.23. The fourth-order valence-corrected chi connectivity index (χ4v) is 2.81.